The first-order valence-electron chi connectivity index (χ1n) is 6.99. The first kappa shape index (κ1) is 13.6. The number of piperidine rings is 1. The second kappa shape index (κ2) is 5.41. The zero-order chi connectivity index (χ0) is 13.2. The van der Waals surface area contributed by atoms with E-state index in [2.05, 4.69) is 30.9 Å². The van der Waals surface area contributed by atoms with Crippen molar-refractivity contribution in [2.45, 2.75) is 39.2 Å². The summed E-state index contributed by atoms with van der Waals surface area (Å²) >= 11 is 0. The molecule has 0 bridgehead atoms. The zero-order valence-electron chi connectivity index (χ0n) is 11.8. The van der Waals surface area contributed by atoms with Crippen LogP contribution in [0.4, 0.5) is 0 Å². The maximum Gasteiger partial charge on any atom is 0.0994 e. The molecule has 100 valence electrons. The molecular weight excluding hydrogens is 222 g/mol. The summed E-state index contributed by atoms with van der Waals surface area (Å²) in [6, 6.07) is 8.23. The van der Waals surface area contributed by atoms with Gasteiger partial charge >= 0.3 is 0 Å². The Morgan fingerprint density at radius 2 is 1.78 bits per heavy atom. The molecule has 0 aromatic heterocycles. The Bertz CT molecular complexity index is 375. The molecule has 1 unspecified atom stereocenters. The SMILES string of the molecule is Cc1ccc(C(C)(O)CN2CCC(C)CC2)cc1. The van der Waals surface area contributed by atoms with Gasteiger partial charge in [0.25, 0.3) is 0 Å². The van der Waals surface area contributed by atoms with Crippen LogP contribution in [-0.2, 0) is 5.60 Å². The number of β-amino-alcohol motifs (C(OH)–C–C–N with tert-alkyl or cyclic N) is 1. The van der Waals surface area contributed by atoms with Gasteiger partial charge in [-0.15, -0.1) is 0 Å². The van der Waals surface area contributed by atoms with Crippen LogP contribution in [0, 0.1) is 12.8 Å². The van der Waals surface area contributed by atoms with E-state index < -0.39 is 5.60 Å². The second-order valence-electron chi connectivity index (χ2n) is 6.10. The lowest BCUT2D eigenvalue weighted by Gasteiger charge is -2.36. The van der Waals surface area contributed by atoms with Crippen LogP contribution in [0.15, 0.2) is 24.3 Å². The highest BCUT2D eigenvalue weighted by Gasteiger charge is 2.27. The molecular formula is C16H25NO. The van der Waals surface area contributed by atoms with Crippen molar-refractivity contribution < 1.29 is 5.11 Å². The minimum absolute atomic E-state index is 0.739. The Morgan fingerprint density at radius 3 is 2.33 bits per heavy atom. The van der Waals surface area contributed by atoms with Gasteiger partial charge in [0.2, 0.25) is 0 Å². The van der Waals surface area contributed by atoms with Gasteiger partial charge in [0.05, 0.1) is 5.60 Å². The van der Waals surface area contributed by atoms with Crippen LogP contribution in [0.3, 0.4) is 0 Å². The van der Waals surface area contributed by atoms with Crippen LogP contribution >= 0.6 is 0 Å². The second-order valence-corrected chi connectivity index (χ2v) is 6.10. The smallest absolute Gasteiger partial charge is 0.0994 e. The molecule has 0 radical (unpaired) electrons. The normalized spacial score (nSPS) is 21.8. The highest BCUT2D eigenvalue weighted by molar-refractivity contribution is 5.26. The minimum atomic E-state index is -0.742. The number of rotatable bonds is 3. The third kappa shape index (κ3) is 3.33. The predicted molar refractivity (Wildman–Crippen MR) is 75.6 cm³/mol. The highest BCUT2D eigenvalue weighted by Crippen LogP contribution is 2.25. The van der Waals surface area contributed by atoms with Crippen molar-refractivity contribution in [2.24, 2.45) is 5.92 Å². The molecule has 0 spiro atoms. The number of nitrogens with zero attached hydrogens (tertiary/aromatic N) is 1. The first-order chi connectivity index (χ1) is 8.47. The molecule has 1 saturated heterocycles. The number of benzene rings is 1. The van der Waals surface area contributed by atoms with Crippen molar-refractivity contribution >= 4 is 0 Å². The Kier molecular flexibility index (Phi) is 4.08. The molecule has 1 aromatic rings. The molecule has 2 nitrogen and oxygen atoms in total. The van der Waals surface area contributed by atoms with Crippen LogP contribution in [0.2, 0.25) is 0 Å². The molecule has 1 aliphatic rings. The standard InChI is InChI=1S/C16H25NO/c1-13-4-6-15(7-5-13)16(3,18)12-17-10-8-14(2)9-11-17/h4-7,14,18H,8-12H2,1-3H3. The minimum Gasteiger partial charge on any atom is -0.384 e. The molecule has 1 fully saturated rings. The first-order valence-corrected chi connectivity index (χ1v) is 6.99. The average Bonchev–Trinajstić information content (AvgIpc) is 2.32. The summed E-state index contributed by atoms with van der Waals surface area (Å²) in [6.07, 6.45) is 2.51. The van der Waals surface area contributed by atoms with Crippen molar-refractivity contribution in [3.63, 3.8) is 0 Å². The number of hydrogen-bond acceptors (Lipinski definition) is 2. The van der Waals surface area contributed by atoms with E-state index in [1.165, 1.54) is 18.4 Å². The van der Waals surface area contributed by atoms with Crippen LogP contribution in [0.25, 0.3) is 0 Å². The van der Waals surface area contributed by atoms with Crippen LogP contribution in [0.5, 0.6) is 0 Å². The summed E-state index contributed by atoms with van der Waals surface area (Å²) in [4.78, 5) is 2.39. The van der Waals surface area contributed by atoms with Gasteiger partial charge in [-0.2, -0.15) is 0 Å². The van der Waals surface area contributed by atoms with Gasteiger partial charge in [0.1, 0.15) is 0 Å². The van der Waals surface area contributed by atoms with Gasteiger partial charge in [-0.25, -0.2) is 0 Å². The summed E-state index contributed by atoms with van der Waals surface area (Å²) in [5, 5.41) is 10.7. The van der Waals surface area contributed by atoms with E-state index in [1.807, 2.05) is 19.1 Å². The molecule has 0 aliphatic carbocycles. The Balaban J connectivity index is 2.00. The van der Waals surface area contributed by atoms with Crippen LogP contribution < -0.4 is 0 Å². The van der Waals surface area contributed by atoms with Crippen LogP contribution in [0.1, 0.15) is 37.8 Å². The number of aliphatic hydroxyl groups is 1. The Hall–Kier alpha value is -0.860. The number of hydrogen-bond donors (Lipinski definition) is 1. The van der Waals surface area contributed by atoms with Gasteiger partial charge in [-0.3, -0.25) is 0 Å². The van der Waals surface area contributed by atoms with E-state index in [4.69, 9.17) is 0 Å². The lowest BCUT2D eigenvalue weighted by Crippen LogP contribution is -2.42. The molecule has 0 amide bonds. The molecule has 1 aromatic carbocycles. The molecule has 18 heavy (non-hydrogen) atoms. The summed E-state index contributed by atoms with van der Waals surface area (Å²) in [7, 11) is 0. The fraction of sp³-hybridized carbons (Fsp3) is 0.625. The van der Waals surface area contributed by atoms with E-state index in [0.717, 1.165) is 31.1 Å². The van der Waals surface area contributed by atoms with E-state index in [0.29, 0.717) is 0 Å². The quantitative estimate of drug-likeness (QED) is 0.887. The monoisotopic (exact) mass is 247 g/mol. The van der Waals surface area contributed by atoms with E-state index in [9.17, 15) is 5.11 Å². The highest BCUT2D eigenvalue weighted by atomic mass is 16.3. The lowest BCUT2D eigenvalue weighted by molar-refractivity contribution is 0.00656. The van der Waals surface area contributed by atoms with E-state index in [-0.39, 0.29) is 0 Å². The summed E-state index contributed by atoms with van der Waals surface area (Å²) in [6.45, 7) is 9.28. The van der Waals surface area contributed by atoms with Crippen molar-refractivity contribution in [2.75, 3.05) is 19.6 Å². The molecule has 2 rings (SSSR count). The van der Waals surface area contributed by atoms with Crippen molar-refractivity contribution in [3.05, 3.63) is 35.4 Å². The van der Waals surface area contributed by atoms with Crippen LogP contribution in [-0.4, -0.2) is 29.6 Å². The third-order valence-corrected chi connectivity index (χ3v) is 4.08. The van der Waals surface area contributed by atoms with Crippen molar-refractivity contribution in [1.82, 2.24) is 4.90 Å². The van der Waals surface area contributed by atoms with Crippen molar-refractivity contribution in [3.8, 4) is 0 Å². The lowest BCUT2D eigenvalue weighted by atomic mass is 9.92. The molecule has 1 aliphatic heterocycles. The molecule has 1 N–H and O–H groups in total. The maximum absolute atomic E-state index is 10.7. The predicted octanol–water partition coefficient (Wildman–Crippen LogP) is 2.93. The van der Waals surface area contributed by atoms with Gasteiger partial charge < -0.3 is 10.0 Å². The fourth-order valence-corrected chi connectivity index (χ4v) is 2.66. The molecule has 1 atom stereocenters. The van der Waals surface area contributed by atoms with Crippen molar-refractivity contribution in [1.29, 1.82) is 0 Å². The zero-order valence-corrected chi connectivity index (χ0v) is 11.8. The summed E-state index contributed by atoms with van der Waals surface area (Å²) < 4.78 is 0. The van der Waals surface area contributed by atoms with Gasteiger partial charge in [-0.05, 0) is 51.3 Å². The molecule has 2 heteroatoms. The Labute approximate surface area is 111 Å². The van der Waals surface area contributed by atoms with Gasteiger partial charge in [0.15, 0.2) is 0 Å². The van der Waals surface area contributed by atoms with Gasteiger partial charge in [-0.1, -0.05) is 36.8 Å². The number of likely N-dealkylation sites (tertiary alicyclic amines) is 1. The molecule has 1 heterocycles. The summed E-state index contributed by atoms with van der Waals surface area (Å²) in [5.74, 6) is 0.838. The third-order valence-electron chi connectivity index (χ3n) is 4.08. The maximum atomic E-state index is 10.7. The van der Waals surface area contributed by atoms with Gasteiger partial charge in [0, 0.05) is 6.54 Å². The number of aryl methyl sites for hydroxylation is 1. The average molecular weight is 247 g/mol. The summed E-state index contributed by atoms with van der Waals surface area (Å²) in [5.41, 5.74) is 1.52. The van der Waals surface area contributed by atoms with E-state index >= 15 is 0 Å². The molecule has 0 saturated carbocycles. The fourth-order valence-electron chi connectivity index (χ4n) is 2.66. The topological polar surface area (TPSA) is 23.5 Å². The largest absolute Gasteiger partial charge is 0.384 e. The van der Waals surface area contributed by atoms with E-state index in [1.54, 1.807) is 0 Å². The Morgan fingerprint density at radius 1 is 1.22 bits per heavy atom.